The van der Waals surface area contributed by atoms with Crippen molar-refractivity contribution >= 4 is 39.9 Å². The number of hydrogen-bond donors (Lipinski definition) is 1. The summed E-state index contributed by atoms with van der Waals surface area (Å²) >= 11 is 2.08. The number of alkyl halides is 3. The summed E-state index contributed by atoms with van der Waals surface area (Å²) in [6, 6.07) is 11.6. The minimum absolute atomic E-state index is 0.180. The van der Waals surface area contributed by atoms with Crippen molar-refractivity contribution in [2.75, 3.05) is 19.4 Å². The number of para-hydroxylation sites is 1. The third kappa shape index (κ3) is 5.45. The predicted molar refractivity (Wildman–Crippen MR) is 117 cm³/mol. The Balaban J connectivity index is 1.82. The zero-order valence-corrected chi connectivity index (χ0v) is 18.4. The average molecular weight is 466 g/mol. The van der Waals surface area contributed by atoms with Crippen LogP contribution in [-0.4, -0.2) is 35.1 Å². The number of thioether (sulfide) groups is 1. The highest BCUT2D eigenvalue weighted by molar-refractivity contribution is 8.13. The van der Waals surface area contributed by atoms with Gasteiger partial charge in [0.25, 0.3) is 11.1 Å². The molecule has 0 aliphatic heterocycles. The van der Waals surface area contributed by atoms with E-state index in [2.05, 4.69) is 10.3 Å². The number of anilines is 1. The normalized spacial score (nSPS) is 11.3. The fraction of sp³-hybridized carbons (Fsp3) is 0.190. The Morgan fingerprint density at radius 1 is 1.06 bits per heavy atom. The van der Waals surface area contributed by atoms with E-state index in [4.69, 9.17) is 0 Å². The molecule has 0 bridgehead atoms. The molecule has 0 saturated carbocycles. The van der Waals surface area contributed by atoms with Crippen LogP contribution in [0.1, 0.15) is 20.9 Å². The van der Waals surface area contributed by atoms with Crippen LogP contribution in [0.25, 0.3) is 10.6 Å². The molecule has 2 aromatic carbocycles. The average Bonchev–Trinajstić information content (AvgIpc) is 3.10. The van der Waals surface area contributed by atoms with Gasteiger partial charge in [0.1, 0.15) is 9.88 Å². The molecule has 0 spiro atoms. The highest BCUT2D eigenvalue weighted by Gasteiger charge is 2.30. The van der Waals surface area contributed by atoms with Gasteiger partial charge < -0.3 is 10.2 Å². The first kappa shape index (κ1) is 22.8. The molecule has 1 aromatic heterocycles. The Bertz CT molecular complexity index is 1110. The highest BCUT2D eigenvalue weighted by atomic mass is 32.2. The molecule has 0 saturated heterocycles. The van der Waals surface area contributed by atoms with Gasteiger partial charge in [0.15, 0.2) is 0 Å². The largest absolute Gasteiger partial charge is 0.416 e. The maximum absolute atomic E-state index is 12.8. The maximum atomic E-state index is 12.8. The predicted octanol–water partition coefficient (Wildman–Crippen LogP) is 6.16. The van der Waals surface area contributed by atoms with Gasteiger partial charge in [-0.2, -0.15) is 13.2 Å². The van der Waals surface area contributed by atoms with E-state index in [9.17, 15) is 22.8 Å². The number of amides is 2. The summed E-state index contributed by atoms with van der Waals surface area (Å²) in [5, 5.41) is 3.06. The highest BCUT2D eigenvalue weighted by Crippen LogP contribution is 2.34. The Morgan fingerprint density at radius 3 is 2.32 bits per heavy atom. The van der Waals surface area contributed by atoms with Crippen molar-refractivity contribution in [3.8, 4) is 10.6 Å². The van der Waals surface area contributed by atoms with Gasteiger partial charge in [-0.05, 0) is 43.0 Å². The third-order valence-corrected chi connectivity index (χ3v) is 6.48. The van der Waals surface area contributed by atoms with Crippen LogP contribution < -0.4 is 5.32 Å². The van der Waals surface area contributed by atoms with Crippen molar-refractivity contribution in [3.63, 3.8) is 0 Å². The van der Waals surface area contributed by atoms with Crippen molar-refractivity contribution in [1.29, 1.82) is 0 Å². The number of aromatic nitrogens is 1. The van der Waals surface area contributed by atoms with Gasteiger partial charge in [0.05, 0.1) is 16.9 Å². The summed E-state index contributed by atoms with van der Waals surface area (Å²) in [7, 11) is 3.28. The molecule has 0 atom stereocenters. The van der Waals surface area contributed by atoms with E-state index in [1.165, 1.54) is 17.0 Å². The number of aryl methyl sites for hydroxylation is 1. The van der Waals surface area contributed by atoms with Gasteiger partial charge in [-0.25, -0.2) is 4.98 Å². The first-order valence-electron chi connectivity index (χ1n) is 9.01. The minimum atomic E-state index is -4.41. The van der Waals surface area contributed by atoms with Crippen LogP contribution in [0.2, 0.25) is 0 Å². The van der Waals surface area contributed by atoms with Crippen molar-refractivity contribution in [3.05, 3.63) is 64.7 Å². The summed E-state index contributed by atoms with van der Waals surface area (Å²) < 4.78 is 38.3. The number of halogens is 3. The van der Waals surface area contributed by atoms with Crippen LogP contribution in [0.5, 0.6) is 0 Å². The monoisotopic (exact) mass is 465 g/mol. The van der Waals surface area contributed by atoms with Crippen LogP contribution in [0, 0.1) is 6.92 Å². The van der Waals surface area contributed by atoms with E-state index in [0.29, 0.717) is 31.7 Å². The molecule has 2 amide bonds. The molecule has 0 radical (unpaired) electrons. The van der Waals surface area contributed by atoms with E-state index in [-0.39, 0.29) is 5.24 Å². The molecule has 1 N–H and O–H groups in total. The molecule has 31 heavy (non-hydrogen) atoms. The van der Waals surface area contributed by atoms with E-state index < -0.39 is 17.6 Å². The Kier molecular flexibility index (Phi) is 6.71. The smallest absolute Gasteiger partial charge is 0.339 e. The van der Waals surface area contributed by atoms with Crippen molar-refractivity contribution in [2.24, 2.45) is 0 Å². The Morgan fingerprint density at radius 2 is 1.71 bits per heavy atom. The number of thiazole rings is 1. The van der Waals surface area contributed by atoms with Crippen LogP contribution >= 0.6 is 23.1 Å². The lowest BCUT2D eigenvalue weighted by Crippen LogP contribution is -2.17. The zero-order chi connectivity index (χ0) is 22.8. The summed E-state index contributed by atoms with van der Waals surface area (Å²) in [4.78, 5) is 31.6. The number of benzene rings is 2. The number of carbonyl (C=O) groups is 2. The lowest BCUT2D eigenvalue weighted by Gasteiger charge is -2.12. The van der Waals surface area contributed by atoms with Gasteiger partial charge >= 0.3 is 6.18 Å². The molecule has 10 heteroatoms. The summed E-state index contributed by atoms with van der Waals surface area (Å²) in [6.45, 7) is 1.66. The standard InChI is InChI=1S/C21H18F3N3O2S2/c1-12-17(31-19(25-12)13-8-10-14(11-9-13)21(22,23)24)18(28)26-15-6-4-5-7-16(15)30-20(29)27(2)3/h4-11H,1-3H3,(H,26,28). The van der Waals surface area contributed by atoms with E-state index in [1.54, 1.807) is 45.3 Å². The van der Waals surface area contributed by atoms with E-state index in [0.717, 1.165) is 35.2 Å². The van der Waals surface area contributed by atoms with Crippen molar-refractivity contribution < 1.29 is 22.8 Å². The molecule has 162 valence electrons. The molecular weight excluding hydrogens is 447 g/mol. The quantitative estimate of drug-likeness (QED) is 0.469. The van der Waals surface area contributed by atoms with Crippen LogP contribution in [0.15, 0.2) is 53.4 Å². The summed E-state index contributed by atoms with van der Waals surface area (Å²) in [5.41, 5.74) is 0.694. The number of carbonyl (C=O) groups excluding carboxylic acids is 2. The number of rotatable bonds is 4. The molecule has 1 heterocycles. The number of nitrogens with zero attached hydrogens (tertiary/aromatic N) is 2. The Hall–Kier alpha value is -2.85. The first-order chi connectivity index (χ1) is 14.6. The van der Waals surface area contributed by atoms with Crippen LogP contribution in [0.4, 0.5) is 23.7 Å². The first-order valence-corrected chi connectivity index (χ1v) is 10.6. The van der Waals surface area contributed by atoms with E-state index in [1.807, 2.05) is 0 Å². The molecule has 5 nitrogen and oxygen atoms in total. The van der Waals surface area contributed by atoms with Gasteiger partial charge in [-0.1, -0.05) is 24.3 Å². The molecule has 3 rings (SSSR count). The fourth-order valence-electron chi connectivity index (χ4n) is 2.56. The second kappa shape index (κ2) is 9.11. The zero-order valence-electron chi connectivity index (χ0n) is 16.8. The van der Waals surface area contributed by atoms with E-state index >= 15 is 0 Å². The lowest BCUT2D eigenvalue weighted by molar-refractivity contribution is -0.137. The minimum Gasteiger partial charge on any atom is -0.339 e. The topological polar surface area (TPSA) is 62.3 Å². The molecule has 0 unspecified atom stereocenters. The van der Waals surface area contributed by atoms with Crippen molar-refractivity contribution in [2.45, 2.75) is 18.0 Å². The second-order valence-corrected chi connectivity index (χ2v) is 8.71. The molecule has 0 fully saturated rings. The number of hydrogen-bond acceptors (Lipinski definition) is 5. The van der Waals surface area contributed by atoms with Gasteiger partial charge in [0, 0.05) is 24.6 Å². The molecule has 3 aromatic rings. The van der Waals surface area contributed by atoms with Crippen molar-refractivity contribution in [1.82, 2.24) is 9.88 Å². The second-order valence-electron chi connectivity index (χ2n) is 6.72. The molecule has 0 aliphatic rings. The SMILES string of the molecule is Cc1nc(-c2ccc(C(F)(F)F)cc2)sc1C(=O)Nc1ccccc1SC(=O)N(C)C. The van der Waals surface area contributed by atoms with Gasteiger partial charge in [-0.3, -0.25) is 9.59 Å². The van der Waals surface area contributed by atoms with Gasteiger partial charge in [0.2, 0.25) is 0 Å². The molecule has 0 aliphatic carbocycles. The van der Waals surface area contributed by atoms with Crippen LogP contribution in [-0.2, 0) is 6.18 Å². The Labute approximate surface area is 185 Å². The third-order valence-electron chi connectivity index (χ3n) is 4.16. The maximum Gasteiger partial charge on any atom is 0.416 e. The lowest BCUT2D eigenvalue weighted by atomic mass is 10.1. The van der Waals surface area contributed by atoms with Gasteiger partial charge in [-0.15, -0.1) is 11.3 Å². The summed E-state index contributed by atoms with van der Waals surface area (Å²) in [6.07, 6.45) is -4.41. The number of nitrogens with one attached hydrogen (secondary N) is 1. The molecular formula is C21H18F3N3O2S2. The van der Waals surface area contributed by atoms with Crippen LogP contribution in [0.3, 0.4) is 0 Å². The fourth-order valence-corrected chi connectivity index (χ4v) is 4.27. The summed E-state index contributed by atoms with van der Waals surface area (Å²) in [5.74, 6) is -0.404.